The Kier molecular flexibility index (Phi) is 3.34. The summed E-state index contributed by atoms with van der Waals surface area (Å²) in [7, 11) is 0. The first-order chi connectivity index (χ1) is 11.3. The van der Waals surface area contributed by atoms with Crippen LogP contribution in [0.2, 0.25) is 0 Å². The highest BCUT2D eigenvalue weighted by Gasteiger charge is 2.24. The largest absolute Gasteiger partial charge is 0.340 e. The Bertz CT molecular complexity index is 829. The van der Waals surface area contributed by atoms with Crippen molar-refractivity contribution in [3.05, 3.63) is 66.0 Å². The average molecular weight is 305 g/mol. The van der Waals surface area contributed by atoms with Gasteiger partial charge in [0.1, 0.15) is 5.82 Å². The Balaban J connectivity index is 1.58. The maximum atomic E-state index is 12.5. The van der Waals surface area contributed by atoms with Gasteiger partial charge in [-0.25, -0.2) is 4.98 Å². The standard InChI is InChI=1S/C17H15N5O/c23-17(12-3-7-18-8-4-12)22-9-5-14-15(11-22)21-16(20-14)13-2-1-6-19-10-13/h1-4,6-8,10H,5,9,11H2,(H,20,21). The maximum Gasteiger partial charge on any atom is 0.254 e. The zero-order chi connectivity index (χ0) is 15.6. The molecule has 0 radical (unpaired) electrons. The number of H-pyrrole nitrogens is 1. The van der Waals surface area contributed by atoms with Crippen LogP contribution in [0.5, 0.6) is 0 Å². The van der Waals surface area contributed by atoms with E-state index in [1.54, 1.807) is 36.9 Å². The first kappa shape index (κ1) is 13.6. The third kappa shape index (κ3) is 2.59. The zero-order valence-electron chi connectivity index (χ0n) is 12.4. The molecule has 3 aromatic heterocycles. The number of hydrogen-bond donors (Lipinski definition) is 1. The highest BCUT2D eigenvalue weighted by molar-refractivity contribution is 5.94. The number of aromatic nitrogens is 4. The summed E-state index contributed by atoms with van der Waals surface area (Å²) in [5.41, 5.74) is 3.64. The lowest BCUT2D eigenvalue weighted by Gasteiger charge is -2.26. The topological polar surface area (TPSA) is 74.8 Å². The second-order valence-corrected chi connectivity index (χ2v) is 5.46. The first-order valence-electron chi connectivity index (χ1n) is 7.49. The number of amides is 1. The molecule has 1 aliphatic heterocycles. The van der Waals surface area contributed by atoms with Gasteiger partial charge in [-0.2, -0.15) is 0 Å². The Morgan fingerprint density at radius 3 is 2.78 bits per heavy atom. The average Bonchev–Trinajstić information content (AvgIpc) is 3.06. The molecule has 23 heavy (non-hydrogen) atoms. The number of carbonyl (C=O) groups excluding carboxylic acids is 1. The Morgan fingerprint density at radius 2 is 2.00 bits per heavy atom. The van der Waals surface area contributed by atoms with Gasteiger partial charge in [0.15, 0.2) is 0 Å². The summed E-state index contributed by atoms with van der Waals surface area (Å²) in [4.78, 5) is 30.4. The number of aromatic amines is 1. The van der Waals surface area contributed by atoms with Crippen molar-refractivity contribution in [2.45, 2.75) is 13.0 Å². The Hall–Kier alpha value is -3.02. The summed E-state index contributed by atoms with van der Waals surface area (Å²) in [6.07, 6.45) is 7.55. The lowest BCUT2D eigenvalue weighted by Crippen LogP contribution is -2.36. The Morgan fingerprint density at radius 1 is 1.13 bits per heavy atom. The zero-order valence-corrected chi connectivity index (χ0v) is 12.4. The van der Waals surface area contributed by atoms with Crippen molar-refractivity contribution < 1.29 is 4.79 Å². The smallest absolute Gasteiger partial charge is 0.254 e. The Labute approximate surface area is 133 Å². The van der Waals surface area contributed by atoms with Gasteiger partial charge >= 0.3 is 0 Å². The van der Waals surface area contributed by atoms with Gasteiger partial charge in [-0.3, -0.25) is 14.8 Å². The first-order valence-corrected chi connectivity index (χ1v) is 7.49. The van der Waals surface area contributed by atoms with E-state index in [4.69, 9.17) is 0 Å². The number of fused-ring (bicyclic) bond motifs is 1. The summed E-state index contributed by atoms with van der Waals surface area (Å²) >= 11 is 0. The van der Waals surface area contributed by atoms with Gasteiger partial charge in [0, 0.05) is 48.9 Å². The van der Waals surface area contributed by atoms with Crippen molar-refractivity contribution in [1.29, 1.82) is 0 Å². The molecule has 3 aromatic rings. The van der Waals surface area contributed by atoms with Crippen LogP contribution in [-0.4, -0.2) is 37.3 Å². The minimum absolute atomic E-state index is 0.0237. The van der Waals surface area contributed by atoms with Crippen LogP contribution < -0.4 is 0 Å². The monoisotopic (exact) mass is 305 g/mol. The third-order valence-corrected chi connectivity index (χ3v) is 3.98. The van der Waals surface area contributed by atoms with E-state index in [-0.39, 0.29) is 5.91 Å². The van der Waals surface area contributed by atoms with Crippen LogP contribution in [0, 0.1) is 0 Å². The molecule has 1 amide bonds. The van der Waals surface area contributed by atoms with E-state index in [1.165, 1.54) is 0 Å². The summed E-state index contributed by atoms with van der Waals surface area (Å²) in [5, 5.41) is 0. The normalized spacial score (nSPS) is 13.7. The molecule has 0 bridgehead atoms. The van der Waals surface area contributed by atoms with Crippen molar-refractivity contribution in [2.75, 3.05) is 6.54 Å². The summed E-state index contributed by atoms with van der Waals surface area (Å²) in [5.74, 6) is 0.830. The van der Waals surface area contributed by atoms with Gasteiger partial charge in [-0.15, -0.1) is 0 Å². The van der Waals surface area contributed by atoms with Gasteiger partial charge in [-0.1, -0.05) is 0 Å². The van der Waals surface area contributed by atoms with E-state index in [0.29, 0.717) is 18.7 Å². The van der Waals surface area contributed by atoms with E-state index in [1.807, 2.05) is 17.0 Å². The fraction of sp³-hybridized carbons (Fsp3) is 0.176. The molecule has 0 aromatic carbocycles. The van der Waals surface area contributed by atoms with Gasteiger partial charge in [0.05, 0.1) is 17.9 Å². The molecule has 4 heterocycles. The molecule has 6 nitrogen and oxygen atoms in total. The predicted octanol–water partition coefficient (Wildman–Crippen LogP) is 2.07. The molecule has 0 unspecified atom stereocenters. The summed E-state index contributed by atoms with van der Waals surface area (Å²) in [6, 6.07) is 7.34. The fourth-order valence-corrected chi connectivity index (χ4v) is 2.78. The number of nitrogens with zero attached hydrogens (tertiary/aromatic N) is 4. The molecule has 0 atom stereocenters. The predicted molar refractivity (Wildman–Crippen MR) is 84.5 cm³/mol. The molecule has 0 fully saturated rings. The van der Waals surface area contributed by atoms with Crippen LogP contribution in [0.25, 0.3) is 11.4 Å². The summed E-state index contributed by atoms with van der Waals surface area (Å²) in [6.45, 7) is 1.22. The minimum Gasteiger partial charge on any atom is -0.340 e. The van der Waals surface area contributed by atoms with Crippen molar-refractivity contribution in [1.82, 2.24) is 24.8 Å². The number of pyridine rings is 2. The molecule has 0 saturated heterocycles. The second kappa shape index (κ2) is 5.64. The van der Waals surface area contributed by atoms with Crippen LogP contribution in [0.1, 0.15) is 21.7 Å². The number of imidazole rings is 1. The van der Waals surface area contributed by atoms with Crippen LogP contribution in [0.15, 0.2) is 49.1 Å². The van der Waals surface area contributed by atoms with Gasteiger partial charge < -0.3 is 9.88 Å². The number of hydrogen-bond acceptors (Lipinski definition) is 4. The van der Waals surface area contributed by atoms with Crippen LogP contribution in [0.3, 0.4) is 0 Å². The highest BCUT2D eigenvalue weighted by Crippen LogP contribution is 2.23. The van der Waals surface area contributed by atoms with Crippen molar-refractivity contribution in [3.63, 3.8) is 0 Å². The van der Waals surface area contributed by atoms with Gasteiger partial charge in [0.2, 0.25) is 0 Å². The van der Waals surface area contributed by atoms with Gasteiger partial charge in [0.25, 0.3) is 5.91 Å². The summed E-state index contributed by atoms with van der Waals surface area (Å²) < 4.78 is 0. The van der Waals surface area contributed by atoms with E-state index in [2.05, 4.69) is 19.9 Å². The third-order valence-electron chi connectivity index (χ3n) is 3.98. The minimum atomic E-state index is 0.0237. The quantitative estimate of drug-likeness (QED) is 0.786. The maximum absolute atomic E-state index is 12.5. The fourth-order valence-electron chi connectivity index (χ4n) is 2.78. The SMILES string of the molecule is O=C(c1ccncc1)N1CCc2nc(-c3cccnc3)[nH]c2C1. The van der Waals surface area contributed by atoms with Crippen molar-refractivity contribution >= 4 is 5.91 Å². The van der Waals surface area contributed by atoms with Crippen molar-refractivity contribution in [2.24, 2.45) is 0 Å². The van der Waals surface area contributed by atoms with Crippen LogP contribution in [0.4, 0.5) is 0 Å². The molecule has 0 aliphatic carbocycles. The van der Waals surface area contributed by atoms with E-state index in [0.717, 1.165) is 29.2 Å². The molecule has 1 aliphatic rings. The van der Waals surface area contributed by atoms with E-state index >= 15 is 0 Å². The van der Waals surface area contributed by atoms with Crippen LogP contribution in [-0.2, 0) is 13.0 Å². The van der Waals surface area contributed by atoms with E-state index in [9.17, 15) is 4.79 Å². The molecule has 6 heteroatoms. The van der Waals surface area contributed by atoms with Gasteiger partial charge in [-0.05, 0) is 24.3 Å². The molecule has 0 saturated carbocycles. The van der Waals surface area contributed by atoms with Crippen molar-refractivity contribution in [3.8, 4) is 11.4 Å². The second-order valence-electron chi connectivity index (χ2n) is 5.46. The number of rotatable bonds is 2. The lowest BCUT2D eigenvalue weighted by molar-refractivity contribution is 0.0732. The highest BCUT2D eigenvalue weighted by atomic mass is 16.2. The molecule has 1 N–H and O–H groups in total. The molecular formula is C17H15N5O. The molecule has 114 valence electrons. The molecule has 4 rings (SSSR count). The van der Waals surface area contributed by atoms with Crippen LogP contribution >= 0.6 is 0 Å². The number of carbonyl (C=O) groups is 1. The lowest BCUT2D eigenvalue weighted by atomic mass is 10.1. The molecule has 0 spiro atoms. The number of nitrogens with one attached hydrogen (secondary N) is 1. The molecular weight excluding hydrogens is 290 g/mol. The van der Waals surface area contributed by atoms with E-state index < -0.39 is 0 Å².